The first-order valence-electron chi connectivity index (χ1n) is 6.32. The van der Waals surface area contributed by atoms with Crippen LogP contribution < -0.4 is 0 Å². The van der Waals surface area contributed by atoms with Gasteiger partial charge in [0.05, 0.1) is 12.0 Å². The molecule has 1 saturated carbocycles. The Labute approximate surface area is 103 Å². The number of benzene rings is 1. The Morgan fingerprint density at radius 2 is 1.88 bits per heavy atom. The number of rotatable bonds is 5. The Balaban J connectivity index is 2.10. The van der Waals surface area contributed by atoms with Gasteiger partial charge in [-0.1, -0.05) is 38.1 Å². The maximum absolute atomic E-state index is 12.1. The van der Waals surface area contributed by atoms with E-state index in [1.165, 1.54) is 5.56 Å². The summed E-state index contributed by atoms with van der Waals surface area (Å²) in [4.78, 5) is 12.1. The van der Waals surface area contributed by atoms with Gasteiger partial charge in [0.15, 0.2) is 5.78 Å². The van der Waals surface area contributed by atoms with Gasteiger partial charge < -0.3 is 5.11 Å². The summed E-state index contributed by atoms with van der Waals surface area (Å²) in [6.07, 6.45) is 2.70. The lowest BCUT2D eigenvalue weighted by Crippen LogP contribution is -2.20. The second-order valence-corrected chi connectivity index (χ2v) is 5.56. The molecule has 0 amide bonds. The molecule has 0 atom stereocenters. The number of Topliss-reactive ketones (excluding diaryl/α,β-unsaturated/α-hetero) is 1. The Bertz CT molecular complexity index is 399. The molecule has 1 N–H and O–H groups in total. The maximum Gasteiger partial charge on any atom is 0.171 e. The van der Waals surface area contributed by atoms with Gasteiger partial charge in [-0.05, 0) is 30.7 Å². The zero-order chi connectivity index (χ0) is 12.5. The van der Waals surface area contributed by atoms with E-state index in [9.17, 15) is 9.90 Å². The molecule has 0 heterocycles. The normalized spacial score (nSPS) is 17.2. The average Bonchev–Trinajstić information content (AvgIpc) is 3.09. The van der Waals surface area contributed by atoms with Crippen LogP contribution in [0.5, 0.6) is 0 Å². The monoisotopic (exact) mass is 232 g/mol. The van der Waals surface area contributed by atoms with Crippen LogP contribution >= 0.6 is 0 Å². The van der Waals surface area contributed by atoms with Crippen molar-refractivity contribution in [3.63, 3.8) is 0 Å². The fourth-order valence-corrected chi connectivity index (χ4v) is 2.18. The summed E-state index contributed by atoms with van der Waals surface area (Å²) >= 11 is 0. The lowest BCUT2D eigenvalue weighted by molar-refractivity contribution is 0.0829. The van der Waals surface area contributed by atoms with Gasteiger partial charge in [-0.25, -0.2) is 0 Å². The molecule has 2 heteroatoms. The van der Waals surface area contributed by atoms with Crippen LogP contribution in [0.1, 0.15) is 42.6 Å². The molecule has 0 unspecified atom stereocenters. The minimum atomic E-state index is -0.445. The van der Waals surface area contributed by atoms with E-state index in [0.717, 1.165) is 24.8 Å². The molecule has 0 aliphatic heterocycles. The SMILES string of the molecule is CC(C)Cc1ccc(C(=O)C2(CO)CC2)cc1. The van der Waals surface area contributed by atoms with Gasteiger partial charge in [0.1, 0.15) is 0 Å². The quantitative estimate of drug-likeness (QED) is 0.793. The largest absolute Gasteiger partial charge is 0.395 e. The highest BCUT2D eigenvalue weighted by atomic mass is 16.3. The van der Waals surface area contributed by atoms with E-state index in [2.05, 4.69) is 13.8 Å². The summed E-state index contributed by atoms with van der Waals surface area (Å²) in [5, 5.41) is 9.24. The molecule has 1 fully saturated rings. The molecular weight excluding hydrogens is 212 g/mol. The van der Waals surface area contributed by atoms with Gasteiger partial charge >= 0.3 is 0 Å². The van der Waals surface area contributed by atoms with Gasteiger partial charge in [-0.2, -0.15) is 0 Å². The molecule has 0 spiro atoms. The maximum atomic E-state index is 12.1. The van der Waals surface area contributed by atoms with Crippen LogP contribution in [0.15, 0.2) is 24.3 Å². The van der Waals surface area contributed by atoms with E-state index in [1.807, 2.05) is 24.3 Å². The summed E-state index contributed by atoms with van der Waals surface area (Å²) in [6.45, 7) is 4.35. The second kappa shape index (κ2) is 4.61. The lowest BCUT2D eigenvalue weighted by atomic mass is 9.94. The zero-order valence-corrected chi connectivity index (χ0v) is 10.6. The van der Waals surface area contributed by atoms with Crippen LogP contribution in [0.25, 0.3) is 0 Å². The van der Waals surface area contributed by atoms with E-state index >= 15 is 0 Å². The van der Waals surface area contributed by atoms with Gasteiger partial charge in [0, 0.05) is 5.56 Å². The number of aliphatic hydroxyl groups is 1. The molecule has 92 valence electrons. The van der Waals surface area contributed by atoms with Crippen molar-refractivity contribution < 1.29 is 9.90 Å². The number of ketones is 1. The van der Waals surface area contributed by atoms with Gasteiger partial charge in [0.2, 0.25) is 0 Å². The molecule has 0 aromatic heterocycles. The molecule has 0 bridgehead atoms. The Kier molecular flexibility index (Phi) is 3.34. The first-order chi connectivity index (χ1) is 8.07. The van der Waals surface area contributed by atoms with Crippen molar-refractivity contribution in [2.24, 2.45) is 11.3 Å². The standard InChI is InChI=1S/C15H20O2/c1-11(2)9-12-3-5-13(6-4-12)14(17)15(10-16)7-8-15/h3-6,11,16H,7-10H2,1-2H3. The minimum absolute atomic E-state index is 0.0143. The Morgan fingerprint density at radius 1 is 1.29 bits per heavy atom. The summed E-state index contributed by atoms with van der Waals surface area (Å²) in [6, 6.07) is 7.85. The van der Waals surface area contributed by atoms with Crippen molar-refractivity contribution in [1.29, 1.82) is 0 Å². The van der Waals surface area contributed by atoms with Crippen molar-refractivity contribution in [3.05, 3.63) is 35.4 Å². The van der Waals surface area contributed by atoms with Crippen LogP contribution in [0.3, 0.4) is 0 Å². The number of carbonyl (C=O) groups excluding carboxylic acids is 1. The highest BCUT2D eigenvalue weighted by Gasteiger charge is 2.49. The minimum Gasteiger partial charge on any atom is -0.395 e. The molecule has 2 rings (SSSR count). The molecule has 1 aliphatic carbocycles. The van der Waals surface area contributed by atoms with E-state index in [-0.39, 0.29) is 12.4 Å². The van der Waals surface area contributed by atoms with E-state index in [1.54, 1.807) is 0 Å². The van der Waals surface area contributed by atoms with Gasteiger partial charge in [0.25, 0.3) is 0 Å². The van der Waals surface area contributed by atoms with Crippen molar-refractivity contribution in [3.8, 4) is 0 Å². The topological polar surface area (TPSA) is 37.3 Å². The number of aliphatic hydroxyl groups excluding tert-OH is 1. The number of hydrogen-bond acceptors (Lipinski definition) is 2. The second-order valence-electron chi connectivity index (χ2n) is 5.56. The fourth-order valence-electron chi connectivity index (χ4n) is 2.18. The third kappa shape index (κ3) is 2.58. The highest BCUT2D eigenvalue weighted by molar-refractivity contribution is 6.02. The molecular formula is C15H20O2. The molecule has 2 nitrogen and oxygen atoms in total. The average molecular weight is 232 g/mol. The van der Waals surface area contributed by atoms with Crippen molar-refractivity contribution >= 4 is 5.78 Å². The smallest absolute Gasteiger partial charge is 0.171 e. The molecule has 17 heavy (non-hydrogen) atoms. The predicted molar refractivity (Wildman–Crippen MR) is 68.1 cm³/mol. The summed E-state index contributed by atoms with van der Waals surface area (Å²) in [7, 11) is 0. The predicted octanol–water partition coefficient (Wildman–Crippen LogP) is 2.84. The fraction of sp³-hybridized carbons (Fsp3) is 0.533. The van der Waals surface area contributed by atoms with Crippen LogP contribution in [0.4, 0.5) is 0 Å². The molecule has 1 aliphatic rings. The van der Waals surface area contributed by atoms with Crippen LogP contribution in [-0.2, 0) is 6.42 Å². The zero-order valence-electron chi connectivity index (χ0n) is 10.6. The van der Waals surface area contributed by atoms with E-state index in [0.29, 0.717) is 5.92 Å². The van der Waals surface area contributed by atoms with Crippen molar-refractivity contribution in [1.82, 2.24) is 0 Å². The first-order valence-corrected chi connectivity index (χ1v) is 6.32. The molecule has 1 aromatic rings. The van der Waals surface area contributed by atoms with Gasteiger partial charge in [-0.15, -0.1) is 0 Å². The summed E-state index contributed by atoms with van der Waals surface area (Å²) in [5.74, 6) is 0.736. The van der Waals surface area contributed by atoms with E-state index in [4.69, 9.17) is 0 Å². The van der Waals surface area contributed by atoms with Crippen molar-refractivity contribution in [2.45, 2.75) is 33.1 Å². The van der Waals surface area contributed by atoms with Crippen LogP contribution in [0, 0.1) is 11.3 Å². The van der Waals surface area contributed by atoms with Crippen LogP contribution in [-0.4, -0.2) is 17.5 Å². The molecule has 0 saturated heterocycles. The third-order valence-corrected chi connectivity index (χ3v) is 3.50. The molecule has 0 radical (unpaired) electrons. The van der Waals surface area contributed by atoms with Crippen molar-refractivity contribution in [2.75, 3.05) is 6.61 Å². The third-order valence-electron chi connectivity index (χ3n) is 3.50. The van der Waals surface area contributed by atoms with E-state index < -0.39 is 5.41 Å². The summed E-state index contributed by atoms with van der Waals surface area (Å²) in [5.41, 5.74) is 1.56. The highest BCUT2D eigenvalue weighted by Crippen LogP contribution is 2.47. The first kappa shape index (κ1) is 12.3. The Morgan fingerprint density at radius 3 is 2.29 bits per heavy atom. The Hall–Kier alpha value is -1.15. The number of carbonyl (C=O) groups is 1. The summed E-state index contributed by atoms with van der Waals surface area (Å²) < 4.78 is 0. The van der Waals surface area contributed by atoms with Gasteiger partial charge in [-0.3, -0.25) is 4.79 Å². The number of hydrogen-bond donors (Lipinski definition) is 1. The lowest BCUT2D eigenvalue weighted by Gasteiger charge is -2.11. The molecule has 1 aromatic carbocycles. The van der Waals surface area contributed by atoms with Crippen LogP contribution in [0.2, 0.25) is 0 Å².